The van der Waals surface area contributed by atoms with Crippen molar-refractivity contribution in [2.75, 3.05) is 0 Å². The van der Waals surface area contributed by atoms with Gasteiger partial charge in [0.05, 0.1) is 21.6 Å². The van der Waals surface area contributed by atoms with Crippen molar-refractivity contribution in [3.05, 3.63) is 102 Å². The molecule has 0 aliphatic heterocycles. The van der Waals surface area contributed by atoms with E-state index in [1.54, 1.807) is 18.2 Å². The van der Waals surface area contributed by atoms with Crippen molar-refractivity contribution in [1.82, 2.24) is 9.55 Å². The number of fused-ring (bicyclic) bond motifs is 1. The summed E-state index contributed by atoms with van der Waals surface area (Å²) in [5, 5.41) is 1.43. The molecule has 0 fully saturated rings. The Morgan fingerprint density at radius 3 is 2.59 bits per heavy atom. The first kappa shape index (κ1) is 20.1. The summed E-state index contributed by atoms with van der Waals surface area (Å²) in [6.07, 6.45) is 3.77. The van der Waals surface area contributed by atoms with Gasteiger partial charge in [-0.05, 0) is 77.6 Å². The van der Waals surface area contributed by atoms with Crippen molar-refractivity contribution in [3.63, 3.8) is 0 Å². The Labute approximate surface area is 191 Å². The average molecular weight is 533 g/mol. The molecule has 29 heavy (non-hydrogen) atoms. The Balaban J connectivity index is 1.99. The first-order chi connectivity index (χ1) is 13.9. The quantitative estimate of drug-likeness (QED) is 0.273. The molecule has 0 aliphatic carbocycles. The molecule has 0 saturated carbocycles. The Morgan fingerprint density at radius 1 is 1.00 bits per heavy atom. The van der Waals surface area contributed by atoms with E-state index in [1.807, 2.05) is 55.5 Å². The van der Waals surface area contributed by atoms with Gasteiger partial charge in [-0.15, -0.1) is 0 Å². The Kier molecular flexibility index (Phi) is 5.76. The number of aromatic nitrogens is 2. The largest absolute Gasteiger partial charge is 0.268 e. The van der Waals surface area contributed by atoms with Crippen molar-refractivity contribution in [3.8, 4) is 5.69 Å². The lowest BCUT2D eigenvalue weighted by Gasteiger charge is -2.13. The highest BCUT2D eigenvalue weighted by molar-refractivity contribution is 14.1. The average Bonchev–Trinajstić information content (AvgIpc) is 2.68. The summed E-state index contributed by atoms with van der Waals surface area (Å²) in [5.74, 6) is 0.495. The van der Waals surface area contributed by atoms with Gasteiger partial charge in [-0.1, -0.05) is 59.1 Å². The standard InChI is InChI=1S/C23H15Cl2IN2O/c1-14-3-2-4-15(11-14)5-10-22-27-20-8-7-17(26)13-18(20)23(29)28(22)21-9-6-16(24)12-19(21)25/h2-13H,1H3. The summed E-state index contributed by atoms with van der Waals surface area (Å²) in [5.41, 5.74) is 3.18. The number of nitrogens with zero attached hydrogens (tertiary/aromatic N) is 2. The number of hydrogen-bond acceptors (Lipinski definition) is 2. The van der Waals surface area contributed by atoms with E-state index in [2.05, 4.69) is 28.7 Å². The molecular weight excluding hydrogens is 518 g/mol. The van der Waals surface area contributed by atoms with E-state index in [0.717, 1.165) is 14.7 Å². The van der Waals surface area contributed by atoms with Crippen molar-refractivity contribution in [2.24, 2.45) is 0 Å². The molecule has 0 bridgehead atoms. The number of benzene rings is 3. The van der Waals surface area contributed by atoms with Crippen molar-refractivity contribution >= 4 is 68.8 Å². The molecule has 0 N–H and O–H groups in total. The predicted molar refractivity (Wildman–Crippen MR) is 130 cm³/mol. The highest BCUT2D eigenvalue weighted by atomic mass is 127. The van der Waals surface area contributed by atoms with E-state index in [9.17, 15) is 4.79 Å². The summed E-state index contributed by atoms with van der Waals surface area (Å²) in [6, 6.07) is 18.8. The minimum absolute atomic E-state index is 0.179. The SMILES string of the molecule is Cc1cccc(C=Cc2nc3ccc(I)cc3c(=O)n2-c2ccc(Cl)cc2Cl)c1. The van der Waals surface area contributed by atoms with Gasteiger partial charge in [0.1, 0.15) is 5.82 Å². The van der Waals surface area contributed by atoms with Crippen LogP contribution in [0.15, 0.2) is 65.5 Å². The van der Waals surface area contributed by atoms with Gasteiger partial charge >= 0.3 is 0 Å². The number of rotatable bonds is 3. The van der Waals surface area contributed by atoms with Gasteiger partial charge in [0, 0.05) is 8.59 Å². The Morgan fingerprint density at radius 2 is 1.83 bits per heavy atom. The normalized spacial score (nSPS) is 11.4. The molecule has 0 unspecified atom stereocenters. The third kappa shape index (κ3) is 4.25. The topological polar surface area (TPSA) is 34.9 Å². The molecule has 6 heteroatoms. The molecule has 3 nitrogen and oxygen atoms in total. The summed E-state index contributed by atoms with van der Waals surface area (Å²) >= 11 is 14.7. The van der Waals surface area contributed by atoms with Crippen LogP contribution in [-0.2, 0) is 0 Å². The fourth-order valence-electron chi connectivity index (χ4n) is 3.13. The van der Waals surface area contributed by atoms with Crippen LogP contribution in [0.2, 0.25) is 10.0 Å². The fraction of sp³-hybridized carbons (Fsp3) is 0.0435. The first-order valence-electron chi connectivity index (χ1n) is 8.85. The van der Waals surface area contributed by atoms with Crippen LogP contribution >= 0.6 is 45.8 Å². The third-order valence-corrected chi connectivity index (χ3v) is 5.68. The Bertz CT molecular complexity index is 1330. The molecule has 0 spiro atoms. The summed E-state index contributed by atoms with van der Waals surface area (Å²) in [6.45, 7) is 2.04. The molecular formula is C23H15Cl2IN2O. The van der Waals surface area contributed by atoms with Crippen molar-refractivity contribution in [1.29, 1.82) is 0 Å². The van der Waals surface area contributed by atoms with Gasteiger partial charge in [-0.25, -0.2) is 4.98 Å². The minimum Gasteiger partial charge on any atom is -0.268 e. The van der Waals surface area contributed by atoms with Gasteiger partial charge in [0.15, 0.2) is 0 Å². The molecule has 3 aromatic carbocycles. The smallest absolute Gasteiger partial charge is 0.266 e. The van der Waals surface area contributed by atoms with Crippen LogP contribution in [0.25, 0.3) is 28.7 Å². The molecule has 0 radical (unpaired) electrons. The number of aryl methyl sites for hydroxylation is 1. The van der Waals surface area contributed by atoms with E-state index in [1.165, 1.54) is 4.57 Å². The zero-order valence-electron chi connectivity index (χ0n) is 15.4. The van der Waals surface area contributed by atoms with E-state index >= 15 is 0 Å². The second kappa shape index (κ2) is 8.30. The van der Waals surface area contributed by atoms with Crippen LogP contribution in [0.3, 0.4) is 0 Å². The maximum Gasteiger partial charge on any atom is 0.266 e. The molecule has 4 aromatic rings. The van der Waals surface area contributed by atoms with Gasteiger partial charge < -0.3 is 0 Å². The van der Waals surface area contributed by atoms with Crippen molar-refractivity contribution < 1.29 is 0 Å². The monoisotopic (exact) mass is 532 g/mol. The first-order valence-corrected chi connectivity index (χ1v) is 10.7. The van der Waals surface area contributed by atoms with E-state index in [4.69, 9.17) is 28.2 Å². The molecule has 1 aromatic heterocycles. The summed E-state index contributed by atoms with van der Waals surface area (Å²) < 4.78 is 2.49. The maximum atomic E-state index is 13.4. The lowest BCUT2D eigenvalue weighted by atomic mass is 10.1. The highest BCUT2D eigenvalue weighted by Crippen LogP contribution is 2.26. The molecule has 0 amide bonds. The van der Waals surface area contributed by atoms with E-state index in [-0.39, 0.29) is 5.56 Å². The number of hydrogen-bond donors (Lipinski definition) is 0. The van der Waals surface area contributed by atoms with Gasteiger partial charge in [-0.3, -0.25) is 9.36 Å². The van der Waals surface area contributed by atoms with Gasteiger partial charge in [0.25, 0.3) is 5.56 Å². The van der Waals surface area contributed by atoms with E-state index < -0.39 is 0 Å². The molecule has 144 valence electrons. The Hall–Kier alpha value is -2.15. The summed E-state index contributed by atoms with van der Waals surface area (Å²) in [7, 11) is 0. The van der Waals surface area contributed by atoms with Crippen molar-refractivity contribution in [2.45, 2.75) is 6.92 Å². The third-order valence-electron chi connectivity index (χ3n) is 4.47. The minimum atomic E-state index is -0.179. The predicted octanol–water partition coefficient (Wildman–Crippen LogP) is 6.78. The van der Waals surface area contributed by atoms with E-state index in [0.29, 0.717) is 32.5 Å². The van der Waals surface area contributed by atoms with Crippen LogP contribution in [-0.4, -0.2) is 9.55 Å². The lowest BCUT2D eigenvalue weighted by molar-refractivity contribution is 0.944. The second-order valence-electron chi connectivity index (χ2n) is 6.62. The van der Waals surface area contributed by atoms with Crippen LogP contribution in [0.1, 0.15) is 17.0 Å². The molecule has 4 rings (SSSR count). The fourth-order valence-corrected chi connectivity index (χ4v) is 4.11. The van der Waals surface area contributed by atoms with Crippen LogP contribution in [0.4, 0.5) is 0 Å². The molecule has 0 atom stereocenters. The van der Waals surface area contributed by atoms with Crippen LogP contribution < -0.4 is 5.56 Å². The molecule has 0 aliphatic rings. The zero-order chi connectivity index (χ0) is 20.5. The van der Waals surface area contributed by atoms with Crippen LogP contribution in [0, 0.1) is 10.5 Å². The van der Waals surface area contributed by atoms with Gasteiger partial charge in [0.2, 0.25) is 0 Å². The molecule has 0 saturated heterocycles. The summed E-state index contributed by atoms with van der Waals surface area (Å²) in [4.78, 5) is 18.1. The lowest BCUT2D eigenvalue weighted by Crippen LogP contribution is -2.22. The zero-order valence-corrected chi connectivity index (χ0v) is 19.0. The maximum absolute atomic E-state index is 13.4. The number of halogens is 3. The van der Waals surface area contributed by atoms with Gasteiger partial charge in [-0.2, -0.15) is 0 Å². The highest BCUT2D eigenvalue weighted by Gasteiger charge is 2.14. The van der Waals surface area contributed by atoms with Crippen LogP contribution in [0.5, 0.6) is 0 Å². The molecule has 1 heterocycles. The second-order valence-corrected chi connectivity index (χ2v) is 8.70.